The molecule has 3 nitrogen and oxygen atoms in total. The molecule has 1 N–H and O–H groups in total. The minimum Gasteiger partial charge on any atom is -0.461 e. The number of hydrogen-bond acceptors (Lipinski definition) is 4. The van der Waals surface area contributed by atoms with Gasteiger partial charge in [0.15, 0.2) is 0 Å². The number of esters is 1. The summed E-state index contributed by atoms with van der Waals surface area (Å²) in [7, 11) is 1.75. The summed E-state index contributed by atoms with van der Waals surface area (Å²) in [6.07, 6.45) is 5.83. The molecule has 0 spiro atoms. The molecule has 0 bridgehead atoms. The van der Waals surface area contributed by atoms with Crippen molar-refractivity contribution in [1.82, 2.24) is 5.32 Å². The lowest BCUT2D eigenvalue weighted by atomic mass is 9.98. The molecule has 1 saturated carbocycles. The summed E-state index contributed by atoms with van der Waals surface area (Å²) < 4.78 is 5.38. The number of carbonyl (C=O) groups excluding carboxylic acids is 1. The molecule has 1 rings (SSSR count). The van der Waals surface area contributed by atoms with Gasteiger partial charge in [-0.25, -0.2) is 0 Å². The molecule has 0 saturated heterocycles. The molecule has 1 atom stereocenters. The van der Waals surface area contributed by atoms with E-state index in [1.165, 1.54) is 19.3 Å². The minimum atomic E-state index is -0.264. The van der Waals surface area contributed by atoms with E-state index >= 15 is 0 Å². The summed E-state index contributed by atoms with van der Waals surface area (Å²) in [5.74, 6) is 0.330. The van der Waals surface area contributed by atoms with E-state index in [0.717, 1.165) is 12.8 Å². The second-order valence-electron chi connectivity index (χ2n) is 3.72. The van der Waals surface area contributed by atoms with Crippen LogP contribution in [0.2, 0.25) is 0 Å². The first-order chi connectivity index (χ1) is 6.77. The van der Waals surface area contributed by atoms with Crippen LogP contribution in [0.25, 0.3) is 0 Å². The predicted molar refractivity (Wildman–Crippen MR) is 66.9 cm³/mol. The molecular formula is C10H20ClNO2S. The van der Waals surface area contributed by atoms with Crippen molar-refractivity contribution in [1.29, 1.82) is 0 Å². The smallest absolute Gasteiger partial charge is 0.324 e. The van der Waals surface area contributed by atoms with Gasteiger partial charge in [0.25, 0.3) is 0 Å². The van der Waals surface area contributed by atoms with E-state index in [0.29, 0.717) is 5.75 Å². The van der Waals surface area contributed by atoms with Gasteiger partial charge in [-0.2, -0.15) is 12.6 Å². The quantitative estimate of drug-likeness (QED) is 0.593. The molecular weight excluding hydrogens is 234 g/mol. The lowest BCUT2D eigenvalue weighted by molar-refractivity contribution is -0.152. The highest BCUT2D eigenvalue weighted by atomic mass is 35.5. The molecule has 90 valence electrons. The third kappa shape index (κ3) is 5.09. The van der Waals surface area contributed by atoms with Crippen LogP contribution in [0.15, 0.2) is 0 Å². The Morgan fingerprint density at radius 1 is 1.47 bits per heavy atom. The van der Waals surface area contributed by atoms with E-state index in [-0.39, 0.29) is 30.5 Å². The van der Waals surface area contributed by atoms with Gasteiger partial charge >= 0.3 is 5.97 Å². The highest BCUT2D eigenvalue weighted by molar-refractivity contribution is 7.80. The van der Waals surface area contributed by atoms with Gasteiger partial charge in [-0.15, -0.1) is 12.4 Å². The number of nitrogens with one attached hydrogen (secondary N) is 1. The number of halogens is 1. The molecule has 0 unspecified atom stereocenters. The van der Waals surface area contributed by atoms with Crippen molar-refractivity contribution in [2.45, 2.75) is 44.2 Å². The molecule has 0 amide bonds. The van der Waals surface area contributed by atoms with Crippen molar-refractivity contribution in [2.75, 3.05) is 12.8 Å². The van der Waals surface area contributed by atoms with E-state index in [1.54, 1.807) is 7.05 Å². The first kappa shape index (κ1) is 15.1. The summed E-state index contributed by atoms with van der Waals surface area (Å²) in [5, 5.41) is 2.89. The Kier molecular flexibility index (Phi) is 8.29. The summed E-state index contributed by atoms with van der Waals surface area (Å²) >= 11 is 4.09. The average Bonchev–Trinajstić information content (AvgIpc) is 2.21. The molecule has 0 aliphatic heterocycles. The molecule has 15 heavy (non-hydrogen) atoms. The maximum Gasteiger partial charge on any atom is 0.324 e. The van der Waals surface area contributed by atoms with Crippen LogP contribution >= 0.6 is 25.0 Å². The van der Waals surface area contributed by atoms with Gasteiger partial charge in [-0.1, -0.05) is 6.42 Å². The average molecular weight is 254 g/mol. The van der Waals surface area contributed by atoms with Gasteiger partial charge in [-0.05, 0) is 32.7 Å². The monoisotopic (exact) mass is 253 g/mol. The zero-order chi connectivity index (χ0) is 10.4. The second kappa shape index (κ2) is 8.25. The Hall–Kier alpha value is 0.0700. The van der Waals surface area contributed by atoms with Crippen LogP contribution in [-0.2, 0) is 9.53 Å². The first-order valence-electron chi connectivity index (χ1n) is 5.26. The van der Waals surface area contributed by atoms with Crippen molar-refractivity contribution in [2.24, 2.45) is 0 Å². The number of rotatable bonds is 4. The third-order valence-electron chi connectivity index (χ3n) is 2.65. The normalized spacial score (nSPS) is 19.1. The molecule has 0 aromatic heterocycles. The number of thiol groups is 1. The van der Waals surface area contributed by atoms with Crippen LogP contribution in [0.4, 0.5) is 0 Å². The molecule has 5 heteroatoms. The van der Waals surface area contributed by atoms with Gasteiger partial charge in [0.2, 0.25) is 0 Å². The lowest BCUT2D eigenvalue weighted by Crippen LogP contribution is -2.39. The fourth-order valence-electron chi connectivity index (χ4n) is 1.71. The highest BCUT2D eigenvalue weighted by Gasteiger charge is 2.22. The molecule has 1 aliphatic carbocycles. The maximum absolute atomic E-state index is 11.5. The number of hydrogen-bond donors (Lipinski definition) is 2. The van der Waals surface area contributed by atoms with E-state index < -0.39 is 0 Å². The number of likely N-dealkylation sites (N-methyl/N-ethyl adjacent to an activating group) is 1. The summed E-state index contributed by atoms with van der Waals surface area (Å²) in [4.78, 5) is 11.5. The zero-order valence-electron chi connectivity index (χ0n) is 9.07. The number of ether oxygens (including phenoxy) is 1. The van der Waals surface area contributed by atoms with Crippen molar-refractivity contribution in [3.05, 3.63) is 0 Å². The van der Waals surface area contributed by atoms with Gasteiger partial charge in [0.05, 0.1) is 0 Å². The fraction of sp³-hybridized carbons (Fsp3) is 0.900. The van der Waals surface area contributed by atoms with Crippen LogP contribution in [-0.4, -0.2) is 30.9 Å². The van der Waals surface area contributed by atoms with Crippen molar-refractivity contribution >= 4 is 31.0 Å². The van der Waals surface area contributed by atoms with Gasteiger partial charge < -0.3 is 10.1 Å². The van der Waals surface area contributed by atoms with Crippen molar-refractivity contribution < 1.29 is 9.53 Å². The Bertz CT molecular complexity index is 182. The molecule has 0 aromatic carbocycles. The van der Waals surface area contributed by atoms with E-state index in [2.05, 4.69) is 17.9 Å². The topological polar surface area (TPSA) is 38.3 Å². The SMILES string of the molecule is CN[C@@H](CS)C(=O)OC1CCCCC1.Cl. The largest absolute Gasteiger partial charge is 0.461 e. The molecule has 0 heterocycles. The molecule has 0 aromatic rings. The molecule has 1 aliphatic rings. The van der Waals surface area contributed by atoms with E-state index in [9.17, 15) is 4.79 Å². The summed E-state index contributed by atoms with van der Waals surface area (Å²) in [6.45, 7) is 0. The van der Waals surface area contributed by atoms with Gasteiger partial charge in [0, 0.05) is 5.75 Å². The van der Waals surface area contributed by atoms with E-state index in [4.69, 9.17) is 4.74 Å². The van der Waals surface area contributed by atoms with Crippen molar-refractivity contribution in [3.8, 4) is 0 Å². The van der Waals surface area contributed by atoms with Crippen LogP contribution in [0, 0.1) is 0 Å². The Balaban J connectivity index is 0.00000196. The molecule has 1 fully saturated rings. The Labute approximate surface area is 103 Å². The minimum absolute atomic E-state index is 0. The Morgan fingerprint density at radius 2 is 2.07 bits per heavy atom. The van der Waals surface area contributed by atoms with E-state index in [1.807, 2.05) is 0 Å². The fourth-order valence-corrected chi connectivity index (χ4v) is 2.04. The van der Waals surface area contributed by atoms with Crippen LogP contribution < -0.4 is 5.32 Å². The third-order valence-corrected chi connectivity index (χ3v) is 3.02. The zero-order valence-corrected chi connectivity index (χ0v) is 10.8. The Morgan fingerprint density at radius 3 is 2.53 bits per heavy atom. The summed E-state index contributed by atoms with van der Waals surface area (Å²) in [6, 6.07) is -0.264. The predicted octanol–water partition coefficient (Wildman–Crippen LogP) is 1.80. The maximum atomic E-state index is 11.5. The van der Waals surface area contributed by atoms with Crippen LogP contribution in [0.1, 0.15) is 32.1 Å². The number of carbonyl (C=O) groups is 1. The highest BCUT2D eigenvalue weighted by Crippen LogP contribution is 2.20. The second-order valence-corrected chi connectivity index (χ2v) is 4.09. The van der Waals surface area contributed by atoms with Gasteiger partial charge in [-0.3, -0.25) is 4.79 Å². The van der Waals surface area contributed by atoms with Crippen molar-refractivity contribution in [3.63, 3.8) is 0 Å². The van der Waals surface area contributed by atoms with Gasteiger partial charge in [0.1, 0.15) is 12.1 Å². The molecule has 0 radical (unpaired) electrons. The lowest BCUT2D eigenvalue weighted by Gasteiger charge is -2.23. The van der Waals surface area contributed by atoms with Crippen LogP contribution in [0.3, 0.4) is 0 Å². The first-order valence-corrected chi connectivity index (χ1v) is 5.89. The summed E-state index contributed by atoms with van der Waals surface area (Å²) in [5.41, 5.74) is 0. The van der Waals surface area contributed by atoms with Crippen LogP contribution in [0.5, 0.6) is 0 Å². The standard InChI is InChI=1S/C10H19NO2S.ClH/c1-11-9(7-14)10(12)13-8-5-3-2-4-6-8;/h8-9,11,14H,2-7H2,1H3;1H/t9-;/m0./s1.